The van der Waals surface area contributed by atoms with Gasteiger partial charge in [0.15, 0.2) is 5.58 Å². The molecule has 4 aromatic heterocycles. The number of pyridine rings is 3. The van der Waals surface area contributed by atoms with Gasteiger partial charge >= 0.3 is 0 Å². The standard InChI is InChI=1S/C21H18N4O2/c1-2-15(13-22-6-1)17-5-7-23-18-12-19(27-21(17)18)16-3-4-20(24-14-16)25-8-10-26-11-9-25/h1-7,12-14H,8-11H2. The number of anilines is 1. The number of morpholine rings is 1. The predicted molar refractivity (Wildman–Crippen MR) is 104 cm³/mol. The Balaban J connectivity index is 1.50. The lowest BCUT2D eigenvalue weighted by Gasteiger charge is -2.27. The highest BCUT2D eigenvalue weighted by Gasteiger charge is 2.15. The van der Waals surface area contributed by atoms with E-state index in [1.807, 2.05) is 48.8 Å². The third-order valence-electron chi connectivity index (χ3n) is 4.75. The minimum absolute atomic E-state index is 0.746. The Morgan fingerprint density at radius 3 is 2.59 bits per heavy atom. The van der Waals surface area contributed by atoms with Crippen LogP contribution >= 0.6 is 0 Å². The summed E-state index contributed by atoms with van der Waals surface area (Å²) in [7, 11) is 0. The van der Waals surface area contributed by atoms with Crippen molar-refractivity contribution in [2.45, 2.75) is 0 Å². The summed E-state index contributed by atoms with van der Waals surface area (Å²) in [6, 6.07) is 11.9. The molecule has 1 aliphatic rings. The molecule has 0 atom stereocenters. The van der Waals surface area contributed by atoms with E-state index < -0.39 is 0 Å². The van der Waals surface area contributed by atoms with Crippen LogP contribution < -0.4 is 4.90 Å². The molecule has 27 heavy (non-hydrogen) atoms. The van der Waals surface area contributed by atoms with Crippen molar-refractivity contribution in [3.63, 3.8) is 0 Å². The molecule has 0 amide bonds. The second-order valence-electron chi connectivity index (χ2n) is 6.43. The van der Waals surface area contributed by atoms with Gasteiger partial charge in [0.2, 0.25) is 0 Å². The molecule has 5 rings (SSSR count). The highest BCUT2D eigenvalue weighted by molar-refractivity contribution is 5.92. The molecule has 1 aliphatic heterocycles. The molecule has 0 N–H and O–H groups in total. The van der Waals surface area contributed by atoms with Gasteiger partial charge in [0.25, 0.3) is 0 Å². The molecule has 1 saturated heterocycles. The molecule has 0 aliphatic carbocycles. The van der Waals surface area contributed by atoms with Crippen LogP contribution in [0.15, 0.2) is 65.6 Å². The van der Waals surface area contributed by atoms with Crippen LogP contribution in [0, 0.1) is 0 Å². The zero-order chi connectivity index (χ0) is 18.1. The van der Waals surface area contributed by atoms with Gasteiger partial charge < -0.3 is 14.1 Å². The van der Waals surface area contributed by atoms with Crippen molar-refractivity contribution in [3.05, 3.63) is 61.2 Å². The molecule has 0 radical (unpaired) electrons. The first kappa shape index (κ1) is 16.0. The van der Waals surface area contributed by atoms with Crippen molar-refractivity contribution in [1.82, 2.24) is 15.0 Å². The van der Waals surface area contributed by atoms with E-state index in [4.69, 9.17) is 9.15 Å². The molecule has 4 aromatic rings. The average Bonchev–Trinajstić information content (AvgIpc) is 3.19. The minimum atomic E-state index is 0.746. The maximum Gasteiger partial charge on any atom is 0.161 e. The molecule has 0 unspecified atom stereocenters. The molecule has 0 spiro atoms. The number of hydrogen-bond acceptors (Lipinski definition) is 6. The number of ether oxygens (including phenoxy) is 1. The number of aromatic nitrogens is 3. The van der Waals surface area contributed by atoms with E-state index in [0.717, 1.165) is 65.7 Å². The Morgan fingerprint density at radius 1 is 0.889 bits per heavy atom. The third kappa shape index (κ3) is 3.04. The van der Waals surface area contributed by atoms with Gasteiger partial charge in [-0.15, -0.1) is 0 Å². The van der Waals surface area contributed by atoms with E-state index in [-0.39, 0.29) is 0 Å². The fraction of sp³-hybridized carbons (Fsp3) is 0.190. The van der Waals surface area contributed by atoms with E-state index >= 15 is 0 Å². The van der Waals surface area contributed by atoms with Gasteiger partial charge in [-0.25, -0.2) is 4.98 Å². The molecular formula is C21H18N4O2. The second-order valence-corrected chi connectivity index (χ2v) is 6.43. The molecule has 0 bridgehead atoms. The van der Waals surface area contributed by atoms with Gasteiger partial charge in [0.1, 0.15) is 17.1 Å². The summed E-state index contributed by atoms with van der Waals surface area (Å²) < 4.78 is 11.6. The van der Waals surface area contributed by atoms with E-state index in [9.17, 15) is 0 Å². The van der Waals surface area contributed by atoms with Gasteiger partial charge in [-0.3, -0.25) is 9.97 Å². The van der Waals surface area contributed by atoms with Crippen LogP contribution in [0.3, 0.4) is 0 Å². The summed E-state index contributed by atoms with van der Waals surface area (Å²) in [6.07, 6.45) is 7.24. The Morgan fingerprint density at radius 2 is 1.81 bits per heavy atom. The number of furan rings is 1. The summed E-state index contributed by atoms with van der Waals surface area (Å²) in [4.78, 5) is 15.5. The van der Waals surface area contributed by atoms with Crippen LogP contribution in [0.1, 0.15) is 0 Å². The number of nitrogens with zero attached hydrogens (tertiary/aromatic N) is 4. The monoisotopic (exact) mass is 358 g/mol. The van der Waals surface area contributed by atoms with Crippen LogP contribution in [0.4, 0.5) is 5.82 Å². The predicted octanol–water partition coefficient (Wildman–Crippen LogP) is 3.79. The Kier molecular flexibility index (Phi) is 4.03. The van der Waals surface area contributed by atoms with Crippen molar-refractivity contribution >= 4 is 16.9 Å². The Labute approximate surface area is 156 Å². The summed E-state index contributed by atoms with van der Waals surface area (Å²) in [5.41, 5.74) is 4.51. The molecule has 1 fully saturated rings. The van der Waals surface area contributed by atoms with Gasteiger partial charge in [0, 0.05) is 60.6 Å². The number of hydrogen-bond donors (Lipinski definition) is 0. The Bertz CT molecular complexity index is 1050. The summed E-state index contributed by atoms with van der Waals surface area (Å²) >= 11 is 0. The van der Waals surface area contributed by atoms with Gasteiger partial charge in [-0.05, 0) is 24.3 Å². The van der Waals surface area contributed by atoms with Crippen LogP contribution in [0.5, 0.6) is 0 Å². The lowest BCUT2D eigenvalue weighted by molar-refractivity contribution is 0.122. The quantitative estimate of drug-likeness (QED) is 0.555. The minimum Gasteiger partial charge on any atom is -0.454 e. The molecule has 5 heterocycles. The second kappa shape index (κ2) is 6.81. The molecule has 6 heteroatoms. The van der Waals surface area contributed by atoms with Crippen molar-refractivity contribution in [2.24, 2.45) is 0 Å². The summed E-state index contributed by atoms with van der Waals surface area (Å²) in [5.74, 6) is 1.72. The van der Waals surface area contributed by atoms with Crippen LogP contribution in [-0.2, 0) is 4.74 Å². The first-order valence-corrected chi connectivity index (χ1v) is 8.96. The topological polar surface area (TPSA) is 64.3 Å². The van der Waals surface area contributed by atoms with Gasteiger partial charge in [-0.2, -0.15) is 0 Å². The van der Waals surface area contributed by atoms with Crippen molar-refractivity contribution in [2.75, 3.05) is 31.2 Å². The first-order valence-electron chi connectivity index (χ1n) is 8.96. The fourth-order valence-electron chi connectivity index (χ4n) is 3.34. The summed E-state index contributed by atoms with van der Waals surface area (Å²) in [5, 5.41) is 0. The van der Waals surface area contributed by atoms with E-state index in [1.165, 1.54) is 0 Å². The Hall–Kier alpha value is -3.25. The largest absolute Gasteiger partial charge is 0.454 e. The molecule has 134 valence electrons. The molecule has 6 nitrogen and oxygen atoms in total. The van der Waals surface area contributed by atoms with E-state index in [2.05, 4.69) is 19.9 Å². The van der Waals surface area contributed by atoms with Gasteiger partial charge in [0.05, 0.1) is 13.2 Å². The van der Waals surface area contributed by atoms with Crippen LogP contribution in [0.2, 0.25) is 0 Å². The number of rotatable bonds is 3. The highest BCUT2D eigenvalue weighted by atomic mass is 16.5. The lowest BCUT2D eigenvalue weighted by Crippen LogP contribution is -2.36. The number of fused-ring (bicyclic) bond motifs is 1. The smallest absolute Gasteiger partial charge is 0.161 e. The van der Waals surface area contributed by atoms with Crippen LogP contribution in [-0.4, -0.2) is 41.3 Å². The third-order valence-corrected chi connectivity index (χ3v) is 4.75. The summed E-state index contributed by atoms with van der Waals surface area (Å²) in [6.45, 7) is 3.23. The van der Waals surface area contributed by atoms with Crippen molar-refractivity contribution < 1.29 is 9.15 Å². The maximum atomic E-state index is 6.16. The highest BCUT2D eigenvalue weighted by Crippen LogP contribution is 2.33. The fourth-order valence-corrected chi connectivity index (χ4v) is 3.34. The molecule has 0 saturated carbocycles. The SMILES string of the molecule is c1cncc(-c2ccnc3cc(-c4ccc(N5CCOCC5)nc4)oc23)c1. The lowest BCUT2D eigenvalue weighted by atomic mass is 10.1. The molecular weight excluding hydrogens is 340 g/mol. The average molecular weight is 358 g/mol. The zero-order valence-electron chi connectivity index (χ0n) is 14.7. The van der Waals surface area contributed by atoms with E-state index in [0.29, 0.717) is 0 Å². The maximum absolute atomic E-state index is 6.16. The van der Waals surface area contributed by atoms with Crippen LogP contribution in [0.25, 0.3) is 33.6 Å². The van der Waals surface area contributed by atoms with Crippen molar-refractivity contribution in [3.8, 4) is 22.5 Å². The normalized spacial score (nSPS) is 14.6. The zero-order valence-corrected chi connectivity index (χ0v) is 14.7. The van der Waals surface area contributed by atoms with Gasteiger partial charge in [-0.1, -0.05) is 6.07 Å². The van der Waals surface area contributed by atoms with Crippen molar-refractivity contribution in [1.29, 1.82) is 0 Å². The molecule has 0 aromatic carbocycles. The van der Waals surface area contributed by atoms with E-state index in [1.54, 1.807) is 12.4 Å². The first-order chi connectivity index (χ1) is 13.4.